The van der Waals surface area contributed by atoms with Gasteiger partial charge in [0.2, 0.25) is 0 Å². The Kier molecular flexibility index (Phi) is 4.39. The Bertz CT molecular complexity index is 164. The van der Waals surface area contributed by atoms with Crippen LogP contribution in [0.15, 0.2) is 0 Å². The van der Waals surface area contributed by atoms with Crippen molar-refractivity contribution < 1.29 is 0 Å². The van der Waals surface area contributed by atoms with Gasteiger partial charge in [-0.1, -0.05) is 6.92 Å². The quantitative estimate of drug-likeness (QED) is 0.708. The first-order chi connectivity index (χ1) is 6.56. The molecule has 1 saturated carbocycles. The van der Waals surface area contributed by atoms with Crippen LogP contribution < -0.4 is 5.73 Å². The van der Waals surface area contributed by atoms with Crippen LogP contribution >= 0.6 is 0 Å². The van der Waals surface area contributed by atoms with Crippen LogP contribution in [0.5, 0.6) is 0 Å². The van der Waals surface area contributed by atoms with E-state index in [1.54, 1.807) is 0 Å². The summed E-state index contributed by atoms with van der Waals surface area (Å²) in [5.74, 6) is 1.58. The summed E-state index contributed by atoms with van der Waals surface area (Å²) in [5.41, 5.74) is 5.73. The van der Waals surface area contributed by atoms with Crippen molar-refractivity contribution in [1.82, 2.24) is 4.90 Å². The molecular weight excluding hydrogens is 172 g/mol. The summed E-state index contributed by atoms with van der Waals surface area (Å²) in [6, 6.07) is 1.28. The Morgan fingerprint density at radius 1 is 1.21 bits per heavy atom. The van der Waals surface area contributed by atoms with Gasteiger partial charge in [-0.2, -0.15) is 0 Å². The molecule has 84 valence electrons. The fourth-order valence-corrected chi connectivity index (χ4v) is 1.97. The van der Waals surface area contributed by atoms with E-state index in [1.165, 1.54) is 19.4 Å². The third-order valence-electron chi connectivity index (χ3n) is 3.55. The minimum absolute atomic E-state index is 0.608. The summed E-state index contributed by atoms with van der Waals surface area (Å²) in [4.78, 5) is 2.62. The van der Waals surface area contributed by atoms with Crippen molar-refractivity contribution in [2.24, 2.45) is 17.6 Å². The smallest absolute Gasteiger partial charge is 0.0107 e. The van der Waals surface area contributed by atoms with E-state index in [2.05, 4.69) is 32.6 Å². The van der Waals surface area contributed by atoms with Crippen molar-refractivity contribution in [3.8, 4) is 0 Å². The highest BCUT2D eigenvalue weighted by atomic mass is 15.2. The highest BCUT2D eigenvalue weighted by Crippen LogP contribution is 2.31. The second-order valence-electron chi connectivity index (χ2n) is 5.19. The molecule has 2 unspecified atom stereocenters. The van der Waals surface area contributed by atoms with E-state index >= 15 is 0 Å². The summed E-state index contributed by atoms with van der Waals surface area (Å²) in [7, 11) is 0. The second-order valence-corrected chi connectivity index (χ2v) is 5.19. The van der Waals surface area contributed by atoms with Gasteiger partial charge in [0, 0.05) is 18.6 Å². The van der Waals surface area contributed by atoms with E-state index < -0.39 is 0 Å². The van der Waals surface area contributed by atoms with Crippen molar-refractivity contribution in [1.29, 1.82) is 0 Å². The summed E-state index contributed by atoms with van der Waals surface area (Å²) >= 11 is 0. The molecule has 0 saturated heterocycles. The topological polar surface area (TPSA) is 29.3 Å². The van der Waals surface area contributed by atoms with Crippen LogP contribution in [0.2, 0.25) is 0 Å². The van der Waals surface area contributed by atoms with Gasteiger partial charge in [-0.25, -0.2) is 0 Å². The monoisotopic (exact) mass is 198 g/mol. The molecule has 2 heteroatoms. The van der Waals surface area contributed by atoms with Crippen LogP contribution in [0, 0.1) is 11.8 Å². The Morgan fingerprint density at radius 3 is 2.14 bits per heavy atom. The molecule has 0 aromatic rings. The third-order valence-corrected chi connectivity index (χ3v) is 3.55. The van der Waals surface area contributed by atoms with Gasteiger partial charge in [-0.15, -0.1) is 0 Å². The van der Waals surface area contributed by atoms with Gasteiger partial charge in [-0.05, 0) is 52.0 Å². The Hall–Kier alpha value is -0.0800. The first kappa shape index (κ1) is 12.0. The lowest BCUT2D eigenvalue weighted by atomic mass is 10.0. The molecule has 1 rings (SSSR count). The van der Waals surface area contributed by atoms with Crippen LogP contribution in [0.25, 0.3) is 0 Å². The molecule has 2 nitrogen and oxygen atoms in total. The zero-order chi connectivity index (χ0) is 10.7. The molecule has 0 aromatic carbocycles. The van der Waals surface area contributed by atoms with Gasteiger partial charge in [-0.3, -0.25) is 4.90 Å². The first-order valence-electron chi connectivity index (χ1n) is 6.02. The molecule has 0 heterocycles. The average molecular weight is 198 g/mol. The first-order valence-corrected chi connectivity index (χ1v) is 6.02. The molecule has 1 aliphatic carbocycles. The van der Waals surface area contributed by atoms with Gasteiger partial charge in [0.25, 0.3) is 0 Å². The molecule has 0 bridgehead atoms. The third kappa shape index (κ3) is 3.25. The van der Waals surface area contributed by atoms with Crippen LogP contribution in [-0.2, 0) is 0 Å². The lowest BCUT2D eigenvalue weighted by Crippen LogP contribution is -2.45. The van der Waals surface area contributed by atoms with E-state index in [1.807, 2.05) is 0 Å². The van der Waals surface area contributed by atoms with Crippen LogP contribution in [-0.4, -0.2) is 30.1 Å². The minimum Gasteiger partial charge on any atom is -0.330 e. The number of rotatable bonds is 6. The molecule has 0 amide bonds. The molecule has 0 spiro atoms. The zero-order valence-corrected chi connectivity index (χ0v) is 10.2. The molecule has 2 atom stereocenters. The number of hydrogen-bond acceptors (Lipinski definition) is 2. The fourth-order valence-electron chi connectivity index (χ4n) is 1.97. The molecule has 0 aromatic heterocycles. The number of nitrogens with zero attached hydrogens (tertiary/aromatic N) is 1. The predicted octanol–water partition coefficient (Wildman–Crippen LogP) is 2.09. The molecule has 1 fully saturated rings. The van der Waals surface area contributed by atoms with E-state index in [0.717, 1.165) is 12.5 Å². The molecular formula is C12H26N2. The second kappa shape index (κ2) is 5.13. The fraction of sp³-hybridized carbons (Fsp3) is 1.00. The van der Waals surface area contributed by atoms with Crippen LogP contribution in [0.4, 0.5) is 0 Å². The normalized spacial score (nSPS) is 21.6. The number of nitrogens with two attached hydrogens (primary N) is 1. The Morgan fingerprint density at radius 2 is 1.79 bits per heavy atom. The van der Waals surface area contributed by atoms with Crippen molar-refractivity contribution >= 4 is 0 Å². The van der Waals surface area contributed by atoms with Gasteiger partial charge in [0.15, 0.2) is 0 Å². The van der Waals surface area contributed by atoms with Crippen molar-refractivity contribution in [3.63, 3.8) is 0 Å². The van der Waals surface area contributed by atoms with E-state index in [0.29, 0.717) is 18.0 Å². The Labute approximate surface area is 88.8 Å². The van der Waals surface area contributed by atoms with E-state index in [-0.39, 0.29) is 0 Å². The Balaban J connectivity index is 2.46. The SMILES string of the molecule is CC(CN)C(C)N(CC1CC1)C(C)C. The molecule has 1 aliphatic rings. The van der Waals surface area contributed by atoms with Gasteiger partial charge in [0.05, 0.1) is 0 Å². The minimum atomic E-state index is 0.608. The standard InChI is InChI=1S/C12H26N2/c1-9(2)14(8-12-5-6-12)11(4)10(3)7-13/h9-12H,5-8,13H2,1-4H3. The number of hydrogen-bond donors (Lipinski definition) is 1. The van der Waals surface area contributed by atoms with Crippen LogP contribution in [0.1, 0.15) is 40.5 Å². The summed E-state index contributed by atoms with van der Waals surface area (Å²) in [6.45, 7) is 11.2. The molecule has 0 aliphatic heterocycles. The maximum absolute atomic E-state index is 5.73. The van der Waals surface area contributed by atoms with E-state index in [9.17, 15) is 0 Å². The van der Waals surface area contributed by atoms with Crippen molar-refractivity contribution in [3.05, 3.63) is 0 Å². The van der Waals surface area contributed by atoms with Crippen molar-refractivity contribution in [2.45, 2.75) is 52.6 Å². The lowest BCUT2D eigenvalue weighted by Gasteiger charge is -2.36. The van der Waals surface area contributed by atoms with Gasteiger partial charge in [0.1, 0.15) is 0 Å². The van der Waals surface area contributed by atoms with Crippen molar-refractivity contribution in [2.75, 3.05) is 13.1 Å². The van der Waals surface area contributed by atoms with Gasteiger partial charge >= 0.3 is 0 Å². The zero-order valence-electron chi connectivity index (χ0n) is 10.2. The lowest BCUT2D eigenvalue weighted by molar-refractivity contribution is 0.120. The predicted molar refractivity (Wildman–Crippen MR) is 62.2 cm³/mol. The molecule has 2 N–H and O–H groups in total. The molecule has 14 heavy (non-hydrogen) atoms. The van der Waals surface area contributed by atoms with Crippen LogP contribution in [0.3, 0.4) is 0 Å². The summed E-state index contributed by atoms with van der Waals surface area (Å²) < 4.78 is 0. The van der Waals surface area contributed by atoms with Gasteiger partial charge < -0.3 is 5.73 Å². The average Bonchev–Trinajstić information content (AvgIpc) is 2.95. The highest BCUT2D eigenvalue weighted by molar-refractivity contribution is 4.83. The maximum atomic E-state index is 5.73. The maximum Gasteiger partial charge on any atom is 0.0107 e. The highest BCUT2D eigenvalue weighted by Gasteiger charge is 2.29. The largest absolute Gasteiger partial charge is 0.330 e. The summed E-state index contributed by atoms with van der Waals surface area (Å²) in [5, 5.41) is 0. The summed E-state index contributed by atoms with van der Waals surface area (Å²) in [6.07, 6.45) is 2.87. The van der Waals surface area contributed by atoms with E-state index in [4.69, 9.17) is 5.73 Å². The molecule has 0 radical (unpaired) electrons.